The third-order valence-electron chi connectivity index (χ3n) is 3.09. The van der Waals surface area contributed by atoms with Gasteiger partial charge in [0.2, 0.25) is 0 Å². The lowest BCUT2D eigenvalue weighted by Gasteiger charge is -2.16. The highest BCUT2D eigenvalue weighted by Gasteiger charge is 2.11. The first-order valence-electron chi connectivity index (χ1n) is 6.15. The second-order valence-corrected chi connectivity index (χ2v) is 4.60. The van der Waals surface area contributed by atoms with Crippen LogP contribution in [0.3, 0.4) is 0 Å². The number of methoxy groups -OCH3 is 1. The maximum Gasteiger partial charge on any atom is 0.160 e. The fourth-order valence-corrected chi connectivity index (χ4v) is 2.02. The molecule has 1 unspecified atom stereocenters. The van der Waals surface area contributed by atoms with Gasteiger partial charge in [0.25, 0.3) is 0 Å². The van der Waals surface area contributed by atoms with Crippen LogP contribution in [0.2, 0.25) is 0 Å². The monoisotopic (exact) mass is 261 g/mol. The summed E-state index contributed by atoms with van der Waals surface area (Å²) in [4.78, 5) is 0. The van der Waals surface area contributed by atoms with Crippen LogP contribution in [0.5, 0.6) is 11.5 Å². The number of phenolic OH excluding ortho intramolecular Hbond substituents is 1. The Balaban J connectivity index is 2.20. The average Bonchev–Trinajstić information content (AvgIpc) is 2.68. The molecule has 0 amide bonds. The minimum absolute atomic E-state index is 0.0948. The molecule has 5 heteroatoms. The molecular formula is C14H19N3O2. The summed E-state index contributed by atoms with van der Waals surface area (Å²) in [5.74, 6) is 0.630. The Morgan fingerprint density at radius 2 is 2.16 bits per heavy atom. The van der Waals surface area contributed by atoms with Gasteiger partial charge in [-0.1, -0.05) is 6.07 Å². The van der Waals surface area contributed by atoms with Crippen molar-refractivity contribution >= 4 is 5.69 Å². The summed E-state index contributed by atoms with van der Waals surface area (Å²) in [5.41, 5.74) is 3.00. The average molecular weight is 261 g/mol. The highest BCUT2D eigenvalue weighted by molar-refractivity contribution is 5.49. The molecule has 0 aliphatic carbocycles. The van der Waals surface area contributed by atoms with Crippen LogP contribution in [-0.4, -0.2) is 22.0 Å². The minimum atomic E-state index is 0.0948. The van der Waals surface area contributed by atoms with Crippen molar-refractivity contribution in [3.8, 4) is 11.5 Å². The van der Waals surface area contributed by atoms with E-state index in [2.05, 4.69) is 17.3 Å². The SMILES string of the molecule is COc1cc(C(C)Nc2cn(C)nc2C)ccc1O. The molecule has 1 aromatic carbocycles. The van der Waals surface area contributed by atoms with E-state index in [1.54, 1.807) is 17.9 Å². The van der Waals surface area contributed by atoms with Gasteiger partial charge in [-0.05, 0) is 31.5 Å². The van der Waals surface area contributed by atoms with Crippen LogP contribution in [0.15, 0.2) is 24.4 Å². The number of phenols is 1. The molecule has 0 fully saturated rings. The number of hydrogen-bond donors (Lipinski definition) is 2. The molecule has 0 saturated heterocycles. The minimum Gasteiger partial charge on any atom is -0.504 e. The first-order chi connectivity index (χ1) is 9.01. The maximum atomic E-state index is 9.60. The summed E-state index contributed by atoms with van der Waals surface area (Å²) in [6.45, 7) is 4.02. The van der Waals surface area contributed by atoms with Gasteiger partial charge in [0.05, 0.1) is 18.5 Å². The molecule has 0 radical (unpaired) electrons. The molecule has 102 valence electrons. The van der Waals surface area contributed by atoms with Crippen molar-refractivity contribution in [2.45, 2.75) is 19.9 Å². The summed E-state index contributed by atoms with van der Waals surface area (Å²) >= 11 is 0. The second kappa shape index (κ2) is 5.22. The van der Waals surface area contributed by atoms with Crippen LogP contribution >= 0.6 is 0 Å². The van der Waals surface area contributed by atoms with E-state index >= 15 is 0 Å². The largest absolute Gasteiger partial charge is 0.504 e. The van der Waals surface area contributed by atoms with Gasteiger partial charge in [0.15, 0.2) is 11.5 Å². The third-order valence-corrected chi connectivity index (χ3v) is 3.09. The van der Waals surface area contributed by atoms with Crippen molar-refractivity contribution in [3.63, 3.8) is 0 Å². The molecule has 19 heavy (non-hydrogen) atoms. The Labute approximate surface area is 112 Å². The number of rotatable bonds is 4. The lowest BCUT2D eigenvalue weighted by atomic mass is 10.1. The number of anilines is 1. The Morgan fingerprint density at radius 1 is 1.42 bits per heavy atom. The van der Waals surface area contributed by atoms with Crippen LogP contribution in [0, 0.1) is 6.92 Å². The van der Waals surface area contributed by atoms with Gasteiger partial charge in [0, 0.05) is 19.3 Å². The van der Waals surface area contributed by atoms with Gasteiger partial charge in [-0.25, -0.2) is 0 Å². The second-order valence-electron chi connectivity index (χ2n) is 4.60. The molecule has 0 aliphatic heterocycles. The fourth-order valence-electron chi connectivity index (χ4n) is 2.02. The number of benzene rings is 1. The third kappa shape index (κ3) is 2.81. The first-order valence-corrected chi connectivity index (χ1v) is 6.15. The molecule has 2 rings (SSSR count). The summed E-state index contributed by atoms with van der Waals surface area (Å²) in [6.07, 6.45) is 1.95. The van der Waals surface area contributed by atoms with Crippen molar-refractivity contribution in [3.05, 3.63) is 35.7 Å². The molecule has 2 N–H and O–H groups in total. The standard InChI is InChI=1S/C14H19N3O2/c1-9(15-12-8-17(3)16-10(12)2)11-5-6-13(18)14(7-11)19-4/h5-9,15,18H,1-4H3. The quantitative estimate of drug-likeness (QED) is 0.888. The number of aryl methyl sites for hydroxylation is 2. The van der Waals surface area contributed by atoms with Crippen molar-refractivity contribution in [1.29, 1.82) is 0 Å². The predicted octanol–water partition coefficient (Wildman–Crippen LogP) is 2.62. The number of aromatic nitrogens is 2. The molecule has 2 aromatic rings. The Bertz CT molecular complexity index is 578. The molecule has 0 saturated carbocycles. The molecule has 5 nitrogen and oxygen atoms in total. The van der Waals surface area contributed by atoms with E-state index in [4.69, 9.17) is 4.74 Å². The molecule has 0 bridgehead atoms. The number of aromatic hydroxyl groups is 1. The fraction of sp³-hybridized carbons (Fsp3) is 0.357. The Hall–Kier alpha value is -2.17. The van der Waals surface area contributed by atoms with E-state index in [1.165, 1.54) is 0 Å². The molecule has 1 aromatic heterocycles. The normalized spacial score (nSPS) is 12.2. The van der Waals surface area contributed by atoms with Crippen molar-refractivity contribution in [2.75, 3.05) is 12.4 Å². The van der Waals surface area contributed by atoms with Crippen molar-refractivity contribution in [2.24, 2.45) is 7.05 Å². The molecule has 1 atom stereocenters. The van der Waals surface area contributed by atoms with Gasteiger partial charge in [-0.3, -0.25) is 4.68 Å². The number of nitrogens with one attached hydrogen (secondary N) is 1. The summed E-state index contributed by atoms with van der Waals surface area (Å²) in [6, 6.07) is 5.44. The van der Waals surface area contributed by atoms with E-state index in [0.29, 0.717) is 5.75 Å². The number of ether oxygens (including phenoxy) is 1. The zero-order valence-corrected chi connectivity index (χ0v) is 11.6. The molecule has 0 spiro atoms. The predicted molar refractivity (Wildman–Crippen MR) is 74.6 cm³/mol. The molecule has 1 heterocycles. The van der Waals surface area contributed by atoms with E-state index in [9.17, 15) is 5.11 Å². The van der Waals surface area contributed by atoms with Crippen LogP contribution in [0.4, 0.5) is 5.69 Å². The van der Waals surface area contributed by atoms with Gasteiger partial charge in [0.1, 0.15) is 0 Å². The number of hydrogen-bond acceptors (Lipinski definition) is 4. The first kappa shape index (κ1) is 13.3. The summed E-state index contributed by atoms with van der Waals surface area (Å²) < 4.78 is 6.90. The van der Waals surface area contributed by atoms with Crippen LogP contribution in [-0.2, 0) is 7.05 Å². The van der Waals surface area contributed by atoms with Crippen LogP contribution in [0.25, 0.3) is 0 Å². The Morgan fingerprint density at radius 3 is 2.74 bits per heavy atom. The lowest BCUT2D eigenvalue weighted by Crippen LogP contribution is -2.07. The van der Waals surface area contributed by atoms with Crippen LogP contribution in [0.1, 0.15) is 24.2 Å². The van der Waals surface area contributed by atoms with Crippen molar-refractivity contribution < 1.29 is 9.84 Å². The van der Waals surface area contributed by atoms with E-state index in [0.717, 1.165) is 16.9 Å². The van der Waals surface area contributed by atoms with E-state index in [-0.39, 0.29) is 11.8 Å². The summed E-state index contributed by atoms with van der Waals surface area (Å²) in [5, 5.41) is 17.3. The highest BCUT2D eigenvalue weighted by atomic mass is 16.5. The zero-order valence-electron chi connectivity index (χ0n) is 11.6. The maximum absolute atomic E-state index is 9.60. The Kier molecular flexibility index (Phi) is 3.64. The smallest absolute Gasteiger partial charge is 0.160 e. The van der Waals surface area contributed by atoms with Gasteiger partial charge >= 0.3 is 0 Å². The zero-order chi connectivity index (χ0) is 14.0. The van der Waals surface area contributed by atoms with E-state index < -0.39 is 0 Å². The van der Waals surface area contributed by atoms with E-state index in [1.807, 2.05) is 32.3 Å². The molecule has 0 aliphatic rings. The van der Waals surface area contributed by atoms with Gasteiger partial charge in [-0.15, -0.1) is 0 Å². The molecular weight excluding hydrogens is 242 g/mol. The summed E-state index contributed by atoms with van der Waals surface area (Å²) in [7, 11) is 3.44. The highest BCUT2D eigenvalue weighted by Crippen LogP contribution is 2.30. The van der Waals surface area contributed by atoms with Gasteiger partial charge in [-0.2, -0.15) is 5.10 Å². The lowest BCUT2D eigenvalue weighted by molar-refractivity contribution is 0.373. The van der Waals surface area contributed by atoms with Crippen LogP contribution < -0.4 is 10.1 Å². The number of nitrogens with zero attached hydrogens (tertiary/aromatic N) is 2. The van der Waals surface area contributed by atoms with Crippen molar-refractivity contribution in [1.82, 2.24) is 9.78 Å². The topological polar surface area (TPSA) is 59.3 Å². The van der Waals surface area contributed by atoms with Gasteiger partial charge < -0.3 is 15.2 Å².